The molecule has 34 heavy (non-hydrogen) atoms. The first-order chi connectivity index (χ1) is 16.1. The van der Waals surface area contributed by atoms with Crippen molar-refractivity contribution in [3.63, 3.8) is 0 Å². The molecule has 0 aliphatic carbocycles. The fraction of sp³-hybridized carbons (Fsp3) is 0.304. The lowest BCUT2D eigenvalue weighted by atomic mass is 10.1. The highest BCUT2D eigenvalue weighted by atomic mass is 19.4. The predicted octanol–water partition coefficient (Wildman–Crippen LogP) is 4.97. The van der Waals surface area contributed by atoms with Gasteiger partial charge in [0.15, 0.2) is 5.82 Å². The number of rotatable bonds is 7. The van der Waals surface area contributed by atoms with E-state index >= 15 is 0 Å². The van der Waals surface area contributed by atoms with Gasteiger partial charge in [0.2, 0.25) is 0 Å². The lowest BCUT2D eigenvalue weighted by Crippen LogP contribution is -2.21. The van der Waals surface area contributed by atoms with Crippen molar-refractivity contribution in [3.8, 4) is 17.1 Å². The fourth-order valence-electron chi connectivity index (χ4n) is 3.17. The molecule has 0 radical (unpaired) electrons. The molecule has 3 aromatic rings. The number of aromatic nitrogens is 3. The molecule has 0 bridgehead atoms. The molecule has 0 unspecified atom stereocenters. The van der Waals surface area contributed by atoms with E-state index in [0.717, 1.165) is 11.8 Å². The Morgan fingerprint density at radius 2 is 1.71 bits per heavy atom. The topological polar surface area (TPSA) is 92.3 Å². The Labute approximate surface area is 195 Å². The van der Waals surface area contributed by atoms with E-state index in [9.17, 15) is 18.0 Å². The molecule has 0 atom stereocenters. The largest absolute Gasteiger partial charge is 0.492 e. The van der Waals surface area contributed by atoms with E-state index in [4.69, 9.17) is 4.74 Å². The molecule has 1 aromatic carbocycles. The van der Waals surface area contributed by atoms with Crippen LogP contribution in [0.4, 0.5) is 29.3 Å². The Kier molecular flexibility index (Phi) is 7.67. The van der Waals surface area contributed by atoms with E-state index < -0.39 is 17.8 Å². The minimum Gasteiger partial charge on any atom is -0.492 e. The van der Waals surface area contributed by atoms with Crippen molar-refractivity contribution in [2.24, 2.45) is 0 Å². The third-order valence-corrected chi connectivity index (χ3v) is 4.67. The zero-order chi connectivity index (χ0) is 24.9. The Balaban J connectivity index is 1.70. The van der Waals surface area contributed by atoms with E-state index in [1.807, 2.05) is 13.8 Å². The van der Waals surface area contributed by atoms with Crippen LogP contribution in [0.1, 0.15) is 23.7 Å². The Hall–Kier alpha value is -3.73. The van der Waals surface area contributed by atoms with E-state index in [1.54, 1.807) is 31.3 Å². The van der Waals surface area contributed by atoms with E-state index in [0.29, 0.717) is 23.7 Å². The number of nitrogens with zero attached hydrogens (tertiary/aromatic N) is 4. The highest BCUT2D eigenvalue weighted by Gasteiger charge is 2.33. The summed E-state index contributed by atoms with van der Waals surface area (Å²) in [5.41, 5.74) is 0.979. The van der Waals surface area contributed by atoms with Crippen LogP contribution in [0.3, 0.4) is 0 Å². The molecule has 11 heteroatoms. The summed E-state index contributed by atoms with van der Waals surface area (Å²) >= 11 is 0. The Bertz CT molecular complexity index is 1150. The van der Waals surface area contributed by atoms with Gasteiger partial charge in [-0.05, 0) is 51.7 Å². The van der Waals surface area contributed by atoms with Gasteiger partial charge in [-0.25, -0.2) is 14.8 Å². The first-order valence-corrected chi connectivity index (χ1v) is 10.4. The molecule has 2 amide bonds. The van der Waals surface area contributed by atoms with Gasteiger partial charge < -0.3 is 20.3 Å². The second-order valence-corrected chi connectivity index (χ2v) is 7.72. The van der Waals surface area contributed by atoms with Gasteiger partial charge in [0.1, 0.15) is 5.75 Å². The van der Waals surface area contributed by atoms with Crippen molar-refractivity contribution >= 4 is 17.4 Å². The van der Waals surface area contributed by atoms with Gasteiger partial charge in [-0.15, -0.1) is 0 Å². The third kappa shape index (κ3) is 6.41. The molecule has 0 aliphatic rings. The molecule has 2 heterocycles. The lowest BCUT2D eigenvalue weighted by molar-refractivity contribution is -0.138. The van der Waals surface area contributed by atoms with Crippen LogP contribution in [0.2, 0.25) is 0 Å². The first kappa shape index (κ1) is 24.9. The van der Waals surface area contributed by atoms with Crippen molar-refractivity contribution in [2.75, 3.05) is 31.3 Å². The lowest BCUT2D eigenvalue weighted by Gasteiger charge is -2.18. The second-order valence-electron chi connectivity index (χ2n) is 7.72. The normalized spacial score (nSPS) is 11.4. The summed E-state index contributed by atoms with van der Waals surface area (Å²) in [7, 11) is 3.36. The first-order valence-electron chi connectivity index (χ1n) is 10.4. The van der Waals surface area contributed by atoms with Crippen molar-refractivity contribution in [1.82, 2.24) is 19.9 Å². The maximum Gasteiger partial charge on any atom is 0.416 e. The zero-order valence-corrected chi connectivity index (χ0v) is 19.2. The maximum absolute atomic E-state index is 13.5. The summed E-state index contributed by atoms with van der Waals surface area (Å²) in [6.45, 7) is 4.31. The molecule has 2 N–H and O–H groups in total. The summed E-state index contributed by atoms with van der Waals surface area (Å²) in [6, 6.07) is 4.74. The smallest absolute Gasteiger partial charge is 0.416 e. The summed E-state index contributed by atoms with van der Waals surface area (Å²) in [6.07, 6.45) is -0.145. The Morgan fingerprint density at radius 3 is 2.32 bits per heavy atom. The van der Waals surface area contributed by atoms with Crippen molar-refractivity contribution < 1.29 is 22.7 Å². The highest BCUT2D eigenvalue weighted by molar-refractivity contribution is 5.99. The number of hydrogen-bond donors (Lipinski definition) is 2. The SMILES string of the molecule is CCOc1cc(-c2ncc(NC(=O)Nc3ccc(CN(C)C)c(C(F)(F)F)c3)cn2)cnc1C. The number of pyridine rings is 1. The number of aryl methyl sites for hydroxylation is 1. The second kappa shape index (κ2) is 10.5. The summed E-state index contributed by atoms with van der Waals surface area (Å²) in [5.74, 6) is 1.01. The number of alkyl halides is 3. The number of carbonyl (C=O) groups is 1. The van der Waals surface area contributed by atoms with E-state index in [1.165, 1.54) is 24.5 Å². The number of anilines is 2. The van der Waals surface area contributed by atoms with Crippen molar-refractivity contribution in [3.05, 3.63) is 59.7 Å². The molecule has 3 rings (SSSR count). The van der Waals surface area contributed by atoms with Gasteiger partial charge in [-0.3, -0.25) is 4.98 Å². The van der Waals surface area contributed by atoms with Crippen LogP contribution in [0.5, 0.6) is 5.75 Å². The number of ether oxygens (including phenoxy) is 1. The molecule has 0 saturated heterocycles. The quantitative estimate of drug-likeness (QED) is 0.502. The molecule has 180 valence electrons. The molecule has 0 aliphatic heterocycles. The maximum atomic E-state index is 13.5. The number of urea groups is 1. The summed E-state index contributed by atoms with van der Waals surface area (Å²) in [4.78, 5) is 26.7. The fourth-order valence-corrected chi connectivity index (χ4v) is 3.17. The molecular formula is C23H25F3N6O2. The molecule has 2 aromatic heterocycles. The standard InChI is InChI=1S/C23H25F3N6O2/c1-5-34-20-8-16(10-27-14(20)2)21-28-11-18(12-29-21)31-22(33)30-17-7-6-15(13-32(3)4)19(9-17)23(24,25)26/h6-12H,5,13H2,1-4H3,(H2,30,31,33). The monoisotopic (exact) mass is 474 g/mol. The van der Waals surface area contributed by atoms with Gasteiger partial charge in [0, 0.05) is 24.0 Å². The van der Waals surface area contributed by atoms with Crippen molar-refractivity contribution in [2.45, 2.75) is 26.6 Å². The van der Waals surface area contributed by atoms with Crippen molar-refractivity contribution in [1.29, 1.82) is 0 Å². The summed E-state index contributed by atoms with van der Waals surface area (Å²) in [5, 5.41) is 4.92. The average molecular weight is 474 g/mol. The number of carbonyl (C=O) groups excluding carboxylic acids is 1. The van der Waals surface area contributed by atoms with Gasteiger partial charge >= 0.3 is 12.2 Å². The van der Waals surface area contributed by atoms with Gasteiger partial charge in [-0.1, -0.05) is 6.07 Å². The van der Waals surface area contributed by atoms with Crippen LogP contribution in [-0.4, -0.2) is 46.6 Å². The minimum absolute atomic E-state index is 0.0130. The number of amides is 2. The van der Waals surface area contributed by atoms with Gasteiger partial charge in [-0.2, -0.15) is 13.2 Å². The van der Waals surface area contributed by atoms with E-state index in [-0.39, 0.29) is 23.5 Å². The molecule has 0 saturated carbocycles. The van der Waals surface area contributed by atoms with Crippen LogP contribution in [-0.2, 0) is 12.7 Å². The molecule has 0 spiro atoms. The molecule has 8 nitrogen and oxygen atoms in total. The van der Waals surface area contributed by atoms with Gasteiger partial charge in [0.05, 0.1) is 35.9 Å². The highest BCUT2D eigenvalue weighted by Crippen LogP contribution is 2.34. The third-order valence-electron chi connectivity index (χ3n) is 4.67. The van der Waals surface area contributed by atoms with Crippen LogP contribution < -0.4 is 15.4 Å². The van der Waals surface area contributed by atoms with Crippen LogP contribution in [0, 0.1) is 6.92 Å². The minimum atomic E-state index is -4.55. The number of hydrogen-bond acceptors (Lipinski definition) is 6. The van der Waals surface area contributed by atoms with Gasteiger partial charge in [0.25, 0.3) is 0 Å². The summed E-state index contributed by atoms with van der Waals surface area (Å²) < 4.78 is 45.9. The molecule has 0 fully saturated rings. The van der Waals surface area contributed by atoms with Crippen LogP contribution >= 0.6 is 0 Å². The number of nitrogens with one attached hydrogen (secondary N) is 2. The van der Waals surface area contributed by atoms with Crippen LogP contribution in [0.25, 0.3) is 11.4 Å². The van der Waals surface area contributed by atoms with Crippen LogP contribution in [0.15, 0.2) is 42.9 Å². The predicted molar refractivity (Wildman–Crippen MR) is 123 cm³/mol. The Morgan fingerprint density at radius 1 is 1.03 bits per heavy atom. The average Bonchev–Trinajstić information content (AvgIpc) is 2.76. The number of halogens is 3. The zero-order valence-electron chi connectivity index (χ0n) is 19.2. The molecular weight excluding hydrogens is 449 g/mol. The number of benzene rings is 1. The van der Waals surface area contributed by atoms with E-state index in [2.05, 4.69) is 25.6 Å².